The zero-order valence-electron chi connectivity index (χ0n) is 10.5. The SMILES string of the molecule is C=CC(=O)CC[C@@H](C)NC(=O)OC(C)(C)C. The fraction of sp³-hybridized carbons (Fsp3) is 0.667. The van der Waals surface area contributed by atoms with Crippen LogP contribution in [-0.4, -0.2) is 23.5 Å². The molecule has 0 saturated heterocycles. The highest BCUT2D eigenvalue weighted by Gasteiger charge is 2.17. The normalized spacial score (nSPS) is 12.8. The molecule has 0 bridgehead atoms. The minimum Gasteiger partial charge on any atom is -0.444 e. The predicted molar refractivity (Wildman–Crippen MR) is 63.3 cm³/mol. The lowest BCUT2D eigenvalue weighted by molar-refractivity contribution is -0.114. The van der Waals surface area contributed by atoms with E-state index in [9.17, 15) is 9.59 Å². The van der Waals surface area contributed by atoms with Crippen LogP contribution in [0.2, 0.25) is 0 Å². The van der Waals surface area contributed by atoms with E-state index in [1.54, 1.807) is 20.8 Å². The maximum atomic E-state index is 11.3. The number of alkyl carbamates (subject to hydrolysis) is 1. The van der Waals surface area contributed by atoms with Crippen LogP contribution in [-0.2, 0) is 9.53 Å². The first-order valence-electron chi connectivity index (χ1n) is 5.39. The monoisotopic (exact) mass is 227 g/mol. The van der Waals surface area contributed by atoms with Crippen LogP contribution in [0.1, 0.15) is 40.5 Å². The Morgan fingerprint density at radius 3 is 2.44 bits per heavy atom. The average molecular weight is 227 g/mol. The van der Waals surface area contributed by atoms with E-state index in [1.807, 2.05) is 6.92 Å². The molecule has 4 heteroatoms. The van der Waals surface area contributed by atoms with E-state index in [-0.39, 0.29) is 11.8 Å². The summed E-state index contributed by atoms with van der Waals surface area (Å²) in [5.74, 6) is -0.0159. The summed E-state index contributed by atoms with van der Waals surface area (Å²) in [6.45, 7) is 10.6. The molecule has 0 saturated carbocycles. The number of allylic oxidation sites excluding steroid dienone is 1. The van der Waals surface area contributed by atoms with Gasteiger partial charge in [-0.25, -0.2) is 4.79 Å². The quantitative estimate of drug-likeness (QED) is 0.734. The molecule has 0 aliphatic heterocycles. The number of ether oxygens (including phenoxy) is 1. The topological polar surface area (TPSA) is 55.4 Å². The molecule has 0 aromatic heterocycles. The van der Waals surface area contributed by atoms with E-state index in [4.69, 9.17) is 4.74 Å². The van der Waals surface area contributed by atoms with Gasteiger partial charge in [0.25, 0.3) is 0 Å². The van der Waals surface area contributed by atoms with Crippen LogP contribution in [0, 0.1) is 0 Å². The molecule has 0 aliphatic rings. The number of carbonyl (C=O) groups is 2. The molecule has 0 aliphatic carbocycles. The minimum atomic E-state index is -0.499. The molecule has 0 heterocycles. The first-order chi connectivity index (χ1) is 7.24. The van der Waals surface area contributed by atoms with E-state index < -0.39 is 11.7 Å². The molecule has 0 aromatic carbocycles. The maximum absolute atomic E-state index is 11.3. The number of rotatable bonds is 5. The van der Waals surface area contributed by atoms with Crippen LogP contribution >= 0.6 is 0 Å². The lowest BCUT2D eigenvalue weighted by Gasteiger charge is -2.21. The van der Waals surface area contributed by atoms with Crippen LogP contribution in [0.3, 0.4) is 0 Å². The van der Waals surface area contributed by atoms with Crippen molar-refractivity contribution in [3.05, 3.63) is 12.7 Å². The highest BCUT2D eigenvalue weighted by atomic mass is 16.6. The van der Waals surface area contributed by atoms with Gasteiger partial charge in [0.1, 0.15) is 5.60 Å². The summed E-state index contributed by atoms with van der Waals surface area (Å²) in [5.41, 5.74) is -0.499. The second kappa shape index (κ2) is 6.30. The molecular weight excluding hydrogens is 206 g/mol. The van der Waals surface area contributed by atoms with Crippen LogP contribution in [0.25, 0.3) is 0 Å². The molecule has 4 nitrogen and oxygen atoms in total. The van der Waals surface area contributed by atoms with Crippen LogP contribution in [0.5, 0.6) is 0 Å². The molecule has 1 atom stereocenters. The maximum Gasteiger partial charge on any atom is 0.407 e. The number of nitrogens with one attached hydrogen (secondary N) is 1. The van der Waals surface area contributed by atoms with Crippen molar-refractivity contribution in [2.24, 2.45) is 0 Å². The Balaban J connectivity index is 3.87. The van der Waals surface area contributed by atoms with Gasteiger partial charge in [0.2, 0.25) is 0 Å². The van der Waals surface area contributed by atoms with Crippen molar-refractivity contribution in [1.82, 2.24) is 5.32 Å². The van der Waals surface area contributed by atoms with Crippen molar-refractivity contribution in [2.45, 2.75) is 52.2 Å². The molecule has 0 fully saturated rings. The Bertz CT molecular complexity index is 266. The van der Waals surface area contributed by atoms with Gasteiger partial charge in [-0.3, -0.25) is 4.79 Å². The molecule has 0 radical (unpaired) electrons. The predicted octanol–water partition coefficient (Wildman–Crippen LogP) is 2.43. The summed E-state index contributed by atoms with van der Waals surface area (Å²) in [4.78, 5) is 22.3. The number of hydrogen-bond donors (Lipinski definition) is 1. The molecule has 0 spiro atoms. The summed E-state index contributed by atoms with van der Waals surface area (Å²) >= 11 is 0. The largest absolute Gasteiger partial charge is 0.444 e. The molecule has 0 aromatic rings. The number of carbonyl (C=O) groups excluding carboxylic acids is 2. The van der Waals surface area contributed by atoms with E-state index in [1.165, 1.54) is 6.08 Å². The third-order valence-electron chi connectivity index (χ3n) is 1.81. The Kier molecular flexibility index (Phi) is 5.78. The van der Waals surface area contributed by atoms with Gasteiger partial charge in [0.15, 0.2) is 5.78 Å². The average Bonchev–Trinajstić information content (AvgIpc) is 2.10. The van der Waals surface area contributed by atoms with Gasteiger partial charge >= 0.3 is 6.09 Å². The summed E-state index contributed by atoms with van der Waals surface area (Å²) in [6, 6.07) is -0.0845. The number of amides is 1. The Morgan fingerprint density at radius 2 is 2.00 bits per heavy atom. The second-order valence-corrected chi connectivity index (χ2v) is 4.76. The Hall–Kier alpha value is -1.32. The van der Waals surface area contributed by atoms with Gasteiger partial charge in [0, 0.05) is 12.5 Å². The van der Waals surface area contributed by atoms with E-state index in [0.29, 0.717) is 12.8 Å². The fourth-order valence-corrected chi connectivity index (χ4v) is 1.04. The van der Waals surface area contributed by atoms with Crippen LogP contribution < -0.4 is 5.32 Å². The van der Waals surface area contributed by atoms with Gasteiger partial charge in [-0.2, -0.15) is 0 Å². The lowest BCUT2D eigenvalue weighted by atomic mass is 10.1. The molecule has 1 amide bonds. The smallest absolute Gasteiger partial charge is 0.407 e. The van der Waals surface area contributed by atoms with Gasteiger partial charge in [0.05, 0.1) is 0 Å². The van der Waals surface area contributed by atoms with Crippen molar-refractivity contribution < 1.29 is 14.3 Å². The molecular formula is C12H21NO3. The first-order valence-corrected chi connectivity index (χ1v) is 5.39. The first kappa shape index (κ1) is 14.7. The molecule has 16 heavy (non-hydrogen) atoms. The highest BCUT2D eigenvalue weighted by molar-refractivity contribution is 5.89. The Morgan fingerprint density at radius 1 is 1.44 bits per heavy atom. The van der Waals surface area contributed by atoms with Gasteiger partial charge < -0.3 is 10.1 Å². The Labute approximate surface area is 97.1 Å². The summed E-state index contributed by atoms with van der Waals surface area (Å²) in [5, 5.41) is 2.67. The molecule has 92 valence electrons. The summed E-state index contributed by atoms with van der Waals surface area (Å²) < 4.78 is 5.09. The summed E-state index contributed by atoms with van der Waals surface area (Å²) in [6.07, 6.45) is 1.82. The summed E-state index contributed by atoms with van der Waals surface area (Å²) in [7, 11) is 0. The third-order valence-corrected chi connectivity index (χ3v) is 1.81. The number of ketones is 1. The molecule has 0 rings (SSSR count). The van der Waals surface area contributed by atoms with Crippen molar-refractivity contribution in [2.75, 3.05) is 0 Å². The van der Waals surface area contributed by atoms with Crippen molar-refractivity contribution in [3.8, 4) is 0 Å². The highest BCUT2D eigenvalue weighted by Crippen LogP contribution is 2.07. The van der Waals surface area contributed by atoms with Crippen molar-refractivity contribution in [1.29, 1.82) is 0 Å². The van der Waals surface area contributed by atoms with E-state index in [2.05, 4.69) is 11.9 Å². The van der Waals surface area contributed by atoms with Crippen LogP contribution in [0.4, 0.5) is 4.79 Å². The van der Waals surface area contributed by atoms with E-state index in [0.717, 1.165) is 0 Å². The standard InChI is InChI=1S/C12H21NO3/c1-6-10(14)8-7-9(2)13-11(15)16-12(3,4)5/h6,9H,1,7-8H2,2-5H3,(H,13,15)/t9-/m1/s1. The number of hydrogen-bond acceptors (Lipinski definition) is 3. The zero-order valence-corrected chi connectivity index (χ0v) is 10.5. The zero-order chi connectivity index (χ0) is 12.8. The third kappa shape index (κ3) is 8.03. The van der Waals surface area contributed by atoms with Gasteiger partial charge in [-0.1, -0.05) is 6.58 Å². The second-order valence-electron chi connectivity index (χ2n) is 4.76. The molecule has 1 N–H and O–H groups in total. The molecule has 0 unspecified atom stereocenters. The van der Waals surface area contributed by atoms with Crippen molar-refractivity contribution in [3.63, 3.8) is 0 Å². The lowest BCUT2D eigenvalue weighted by Crippen LogP contribution is -2.37. The fourth-order valence-electron chi connectivity index (χ4n) is 1.04. The van der Waals surface area contributed by atoms with Crippen molar-refractivity contribution >= 4 is 11.9 Å². The van der Waals surface area contributed by atoms with Gasteiger partial charge in [-0.05, 0) is 40.2 Å². The van der Waals surface area contributed by atoms with Crippen LogP contribution in [0.15, 0.2) is 12.7 Å². The van der Waals surface area contributed by atoms with E-state index >= 15 is 0 Å². The minimum absolute atomic E-state index is 0.0159. The van der Waals surface area contributed by atoms with Gasteiger partial charge in [-0.15, -0.1) is 0 Å².